The highest BCUT2D eigenvalue weighted by Gasteiger charge is 2.22. The molecule has 1 aliphatic rings. The predicted molar refractivity (Wildman–Crippen MR) is 128 cm³/mol. The number of carbonyl (C=O) groups is 1. The Morgan fingerprint density at radius 1 is 1.33 bits per heavy atom. The van der Waals surface area contributed by atoms with Gasteiger partial charge in [-0.2, -0.15) is 0 Å². The summed E-state index contributed by atoms with van der Waals surface area (Å²) in [4.78, 5) is 18.1. The Bertz CT molecular complexity index is 929. The van der Waals surface area contributed by atoms with Crippen molar-refractivity contribution in [2.45, 2.75) is 44.2 Å². The number of amides is 1. The fourth-order valence-corrected chi connectivity index (χ4v) is 4.54. The van der Waals surface area contributed by atoms with Crippen LogP contribution in [0.15, 0.2) is 45.7 Å². The molecule has 7 heteroatoms. The highest BCUT2D eigenvalue weighted by molar-refractivity contribution is 7.98. The van der Waals surface area contributed by atoms with E-state index in [1.807, 2.05) is 43.3 Å². The number of carbonyl (C=O) groups excluding carboxylic acids is 1. The number of hydrogen-bond donors (Lipinski definition) is 1. The number of nitrogens with one attached hydrogen (secondary N) is 1. The molecule has 3 rings (SSSR count). The first-order chi connectivity index (χ1) is 14.3. The molecule has 0 saturated heterocycles. The van der Waals surface area contributed by atoms with Gasteiger partial charge in [-0.3, -0.25) is 9.69 Å². The van der Waals surface area contributed by atoms with Crippen LogP contribution in [-0.4, -0.2) is 48.7 Å². The summed E-state index contributed by atoms with van der Waals surface area (Å²) in [6.07, 6.45) is 3.03. The SMILES string of the molecule is CC(C)N1CCc2c(cc(NC(=O)Cc3ccccc3Cl)cc2SN=CN(C)C)C1. The summed E-state index contributed by atoms with van der Waals surface area (Å²) in [5.41, 5.74) is 4.22. The molecule has 0 atom stereocenters. The summed E-state index contributed by atoms with van der Waals surface area (Å²) in [5, 5.41) is 3.67. The summed E-state index contributed by atoms with van der Waals surface area (Å²) in [7, 11) is 3.90. The average molecular weight is 445 g/mol. The van der Waals surface area contributed by atoms with Crippen molar-refractivity contribution in [3.05, 3.63) is 58.1 Å². The average Bonchev–Trinajstić information content (AvgIpc) is 2.69. The lowest BCUT2D eigenvalue weighted by Gasteiger charge is -2.33. The zero-order valence-corrected chi connectivity index (χ0v) is 19.6. The third-order valence-electron chi connectivity index (χ3n) is 5.08. The lowest BCUT2D eigenvalue weighted by atomic mass is 9.98. The van der Waals surface area contributed by atoms with Gasteiger partial charge in [0.05, 0.1) is 12.8 Å². The van der Waals surface area contributed by atoms with Crippen molar-refractivity contribution in [2.75, 3.05) is 26.0 Å². The molecule has 1 amide bonds. The molecule has 0 fully saturated rings. The van der Waals surface area contributed by atoms with Crippen molar-refractivity contribution in [3.8, 4) is 0 Å². The minimum atomic E-state index is -0.0766. The first-order valence-corrected chi connectivity index (χ1v) is 11.3. The van der Waals surface area contributed by atoms with E-state index in [4.69, 9.17) is 11.6 Å². The number of anilines is 1. The molecule has 160 valence electrons. The quantitative estimate of drug-likeness (QED) is 0.375. The molecule has 1 aliphatic heterocycles. The van der Waals surface area contributed by atoms with E-state index in [1.165, 1.54) is 23.1 Å². The highest BCUT2D eigenvalue weighted by atomic mass is 35.5. The molecule has 0 bridgehead atoms. The van der Waals surface area contributed by atoms with E-state index < -0.39 is 0 Å². The number of benzene rings is 2. The van der Waals surface area contributed by atoms with Crippen LogP contribution in [0, 0.1) is 0 Å². The zero-order valence-electron chi connectivity index (χ0n) is 18.0. The molecular weight excluding hydrogens is 416 g/mol. The van der Waals surface area contributed by atoms with Gasteiger partial charge in [-0.15, -0.1) is 0 Å². The van der Waals surface area contributed by atoms with E-state index in [-0.39, 0.29) is 12.3 Å². The van der Waals surface area contributed by atoms with E-state index in [0.29, 0.717) is 11.1 Å². The van der Waals surface area contributed by atoms with Gasteiger partial charge < -0.3 is 10.2 Å². The summed E-state index contributed by atoms with van der Waals surface area (Å²) in [6, 6.07) is 12.1. The van der Waals surface area contributed by atoms with Crippen LogP contribution in [0.4, 0.5) is 5.69 Å². The Morgan fingerprint density at radius 2 is 2.10 bits per heavy atom. The largest absolute Gasteiger partial charge is 0.368 e. The van der Waals surface area contributed by atoms with Crippen LogP contribution < -0.4 is 5.32 Å². The van der Waals surface area contributed by atoms with E-state index in [0.717, 1.165) is 35.7 Å². The molecule has 1 N–H and O–H groups in total. The number of nitrogens with zero attached hydrogens (tertiary/aromatic N) is 3. The Balaban J connectivity index is 1.83. The third-order valence-corrected chi connectivity index (χ3v) is 6.21. The highest BCUT2D eigenvalue weighted by Crippen LogP contribution is 2.34. The van der Waals surface area contributed by atoms with Crippen LogP contribution in [0.25, 0.3) is 0 Å². The second kappa shape index (κ2) is 10.3. The fourth-order valence-electron chi connectivity index (χ4n) is 3.47. The van der Waals surface area contributed by atoms with Gasteiger partial charge in [0, 0.05) is 60.8 Å². The Labute approximate surface area is 188 Å². The zero-order chi connectivity index (χ0) is 21.7. The van der Waals surface area contributed by atoms with Crippen LogP contribution in [0.5, 0.6) is 0 Å². The minimum absolute atomic E-state index is 0.0766. The van der Waals surface area contributed by atoms with Crippen molar-refractivity contribution in [1.82, 2.24) is 9.80 Å². The molecule has 0 radical (unpaired) electrons. The maximum Gasteiger partial charge on any atom is 0.228 e. The molecule has 1 heterocycles. The van der Waals surface area contributed by atoms with Gasteiger partial charge in [0.15, 0.2) is 0 Å². The monoisotopic (exact) mass is 444 g/mol. The standard InChI is InChI=1S/C23H29ClN4OS/c1-16(2)28-10-9-20-18(14-28)11-19(13-22(20)30-25-15-27(3)4)26-23(29)12-17-7-5-6-8-21(17)24/h5-8,11,13,15-16H,9-10,12,14H2,1-4H3,(H,26,29). The van der Waals surface area contributed by atoms with E-state index in [2.05, 4.69) is 34.5 Å². The lowest BCUT2D eigenvalue weighted by Crippen LogP contribution is -2.36. The van der Waals surface area contributed by atoms with Crippen molar-refractivity contribution < 1.29 is 4.79 Å². The van der Waals surface area contributed by atoms with Crippen molar-refractivity contribution in [3.63, 3.8) is 0 Å². The van der Waals surface area contributed by atoms with Gasteiger partial charge in [-0.05, 0) is 55.2 Å². The molecule has 0 saturated carbocycles. The van der Waals surface area contributed by atoms with Crippen molar-refractivity contribution >= 4 is 41.5 Å². The molecule has 5 nitrogen and oxygen atoms in total. The molecule has 0 aliphatic carbocycles. The van der Waals surface area contributed by atoms with Crippen molar-refractivity contribution in [2.24, 2.45) is 4.40 Å². The van der Waals surface area contributed by atoms with Gasteiger partial charge in [-0.25, -0.2) is 4.40 Å². The minimum Gasteiger partial charge on any atom is -0.368 e. The molecular formula is C23H29ClN4OS. The smallest absolute Gasteiger partial charge is 0.228 e. The van der Waals surface area contributed by atoms with Crippen LogP contribution in [-0.2, 0) is 24.2 Å². The number of hydrogen-bond acceptors (Lipinski definition) is 4. The van der Waals surface area contributed by atoms with Gasteiger partial charge in [-0.1, -0.05) is 29.8 Å². The number of fused-ring (bicyclic) bond motifs is 1. The Hall–Kier alpha value is -2.02. The molecule has 2 aromatic carbocycles. The maximum absolute atomic E-state index is 12.7. The van der Waals surface area contributed by atoms with Gasteiger partial charge in [0.2, 0.25) is 5.91 Å². The third kappa shape index (κ3) is 6.00. The first kappa shape index (κ1) is 22.7. The van der Waals surface area contributed by atoms with Gasteiger partial charge in [0.1, 0.15) is 0 Å². The normalized spacial score (nSPS) is 14.2. The van der Waals surface area contributed by atoms with Crippen LogP contribution >= 0.6 is 23.5 Å². The topological polar surface area (TPSA) is 47.9 Å². The van der Waals surface area contributed by atoms with Gasteiger partial charge >= 0.3 is 0 Å². The second-order valence-corrected chi connectivity index (χ2v) is 9.26. The number of rotatable bonds is 7. The second-order valence-electron chi connectivity index (χ2n) is 8.02. The van der Waals surface area contributed by atoms with E-state index in [9.17, 15) is 4.79 Å². The Morgan fingerprint density at radius 3 is 2.80 bits per heavy atom. The predicted octanol–water partition coefficient (Wildman–Crippen LogP) is 4.88. The van der Waals surface area contributed by atoms with E-state index >= 15 is 0 Å². The fraction of sp³-hybridized carbons (Fsp3) is 0.391. The number of halogens is 1. The van der Waals surface area contributed by atoms with E-state index in [1.54, 1.807) is 12.4 Å². The molecule has 0 unspecified atom stereocenters. The molecule has 2 aromatic rings. The Kier molecular flexibility index (Phi) is 7.81. The van der Waals surface area contributed by atoms with Crippen LogP contribution in [0.1, 0.15) is 30.5 Å². The van der Waals surface area contributed by atoms with Gasteiger partial charge in [0.25, 0.3) is 0 Å². The summed E-state index contributed by atoms with van der Waals surface area (Å²) in [5.74, 6) is -0.0766. The molecule has 0 spiro atoms. The molecule has 0 aromatic heterocycles. The van der Waals surface area contributed by atoms with Crippen molar-refractivity contribution in [1.29, 1.82) is 0 Å². The lowest BCUT2D eigenvalue weighted by molar-refractivity contribution is -0.115. The van der Waals surface area contributed by atoms with Crippen LogP contribution in [0.2, 0.25) is 5.02 Å². The van der Waals surface area contributed by atoms with Crippen LogP contribution in [0.3, 0.4) is 0 Å². The maximum atomic E-state index is 12.7. The summed E-state index contributed by atoms with van der Waals surface area (Å²) < 4.78 is 4.48. The first-order valence-electron chi connectivity index (χ1n) is 10.1. The summed E-state index contributed by atoms with van der Waals surface area (Å²) >= 11 is 7.67. The summed E-state index contributed by atoms with van der Waals surface area (Å²) in [6.45, 7) is 6.36. The molecule has 30 heavy (non-hydrogen) atoms.